The number of rotatable bonds is 0. The summed E-state index contributed by atoms with van der Waals surface area (Å²) in [6, 6.07) is 2.22. The van der Waals surface area contributed by atoms with E-state index in [1.165, 1.54) is 0 Å². The number of hydrogen-bond donors (Lipinski definition) is 0. The van der Waals surface area contributed by atoms with Crippen LogP contribution in [0.15, 0.2) is 0 Å². The number of nitriles is 1. The monoisotopic (exact) mass is 159 g/mol. The van der Waals surface area contributed by atoms with Crippen molar-refractivity contribution in [2.45, 2.75) is 18.2 Å². The lowest BCUT2D eigenvalue weighted by Gasteiger charge is -1.86. The van der Waals surface area contributed by atoms with Gasteiger partial charge < -0.3 is 0 Å². The smallest absolute Gasteiger partial charge is 0.0699 e. The molecule has 1 saturated carbocycles. The lowest BCUT2D eigenvalue weighted by molar-refractivity contribution is 0.774. The quantitative estimate of drug-likeness (QED) is 0.494. The van der Waals surface area contributed by atoms with Crippen molar-refractivity contribution in [1.82, 2.24) is 0 Å². The van der Waals surface area contributed by atoms with Crippen LogP contribution in [-0.2, 0) is 0 Å². The van der Waals surface area contributed by atoms with E-state index in [9.17, 15) is 0 Å². The summed E-state index contributed by atoms with van der Waals surface area (Å²) in [6.07, 6.45) is 1.02. The van der Waals surface area contributed by atoms with Crippen molar-refractivity contribution in [3.63, 3.8) is 0 Å². The first-order valence-electron chi connectivity index (χ1n) is 2.24. The Morgan fingerprint density at radius 3 is 2.43 bits per heavy atom. The summed E-state index contributed by atoms with van der Waals surface area (Å²) in [5, 5.41) is 8.36. The van der Waals surface area contributed by atoms with E-state index in [-0.39, 0.29) is 5.41 Å². The van der Waals surface area contributed by atoms with Crippen LogP contribution in [0.4, 0.5) is 0 Å². The molecule has 0 radical (unpaired) electrons. The number of hydrogen-bond acceptors (Lipinski definition) is 1. The third-order valence-corrected chi connectivity index (χ3v) is 2.72. The van der Waals surface area contributed by atoms with Gasteiger partial charge in [-0.3, -0.25) is 0 Å². The normalized spacial score (nSPS) is 47.9. The molecular formula is C5H6BrN. The third-order valence-electron chi connectivity index (χ3n) is 1.39. The minimum absolute atomic E-state index is 0.0278. The molecular weight excluding hydrogens is 154 g/mol. The van der Waals surface area contributed by atoms with Crippen molar-refractivity contribution in [2.75, 3.05) is 0 Å². The highest BCUT2D eigenvalue weighted by atomic mass is 79.9. The van der Waals surface area contributed by atoms with Crippen LogP contribution in [0.2, 0.25) is 0 Å². The highest BCUT2D eigenvalue weighted by Gasteiger charge is 2.48. The van der Waals surface area contributed by atoms with Crippen molar-refractivity contribution in [3.8, 4) is 6.07 Å². The molecule has 38 valence electrons. The van der Waals surface area contributed by atoms with E-state index in [0.717, 1.165) is 6.42 Å². The molecule has 0 saturated heterocycles. The van der Waals surface area contributed by atoms with Crippen LogP contribution in [0.5, 0.6) is 0 Å². The Labute approximate surface area is 51.5 Å². The maximum Gasteiger partial charge on any atom is 0.0699 e. The van der Waals surface area contributed by atoms with E-state index in [4.69, 9.17) is 5.26 Å². The summed E-state index contributed by atoms with van der Waals surface area (Å²) in [5.74, 6) is 0. The van der Waals surface area contributed by atoms with E-state index in [2.05, 4.69) is 22.0 Å². The Bertz CT molecular complexity index is 127. The fourth-order valence-electron chi connectivity index (χ4n) is 0.429. The first-order chi connectivity index (χ1) is 3.19. The van der Waals surface area contributed by atoms with Gasteiger partial charge >= 0.3 is 0 Å². The molecule has 7 heavy (non-hydrogen) atoms. The van der Waals surface area contributed by atoms with Crippen molar-refractivity contribution in [2.24, 2.45) is 5.41 Å². The second-order valence-electron chi connectivity index (χ2n) is 2.20. The molecule has 1 aliphatic carbocycles. The van der Waals surface area contributed by atoms with E-state index in [0.29, 0.717) is 4.83 Å². The van der Waals surface area contributed by atoms with Crippen molar-refractivity contribution in [3.05, 3.63) is 0 Å². The lowest BCUT2D eigenvalue weighted by atomic mass is 10.2. The van der Waals surface area contributed by atoms with Gasteiger partial charge in [-0.1, -0.05) is 15.9 Å². The van der Waals surface area contributed by atoms with Crippen LogP contribution >= 0.6 is 15.9 Å². The minimum atomic E-state index is -0.0278. The lowest BCUT2D eigenvalue weighted by Crippen LogP contribution is -1.88. The highest BCUT2D eigenvalue weighted by Crippen LogP contribution is 2.50. The van der Waals surface area contributed by atoms with Gasteiger partial charge in [-0.2, -0.15) is 5.26 Å². The third kappa shape index (κ3) is 0.657. The Hall–Kier alpha value is -0.0300. The average molecular weight is 160 g/mol. The summed E-state index contributed by atoms with van der Waals surface area (Å²) >= 11 is 3.34. The van der Waals surface area contributed by atoms with Crippen LogP contribution in [0.25, 0.3) is 0 Å². The van der Waals surface area contributed by atoms with Crippen LogP contribution in [-0.4, -0.2) is 4.83 Å². The summed E-state index contributed by atoms with van der Waals surface area (Å²) in [7, 11) is 0. The predicted molar refractivity (Wildman–Crippen MR) is 31.1 cm³/mol. The Morgan fingerprint density at radius 1 is 2.00 bits per heavy atom. The SMILES string of the molecule is C[C@@]1(C#N)C[C@@H]1Br. The average Bonchev–Trinajstić information content (AvgIpc) is 2.18. The van der Waals surface area contributed by atoms with Gasteiger partial charge in [0.15, 0.2) is 0 Å². The molecule has 2 heteroatoms. The fraction of sp³-hybridized carbons (Fsp3) is 0.800. The summed E-state index contributed by atoms with van der Waals surface area (Å²) in [6.45, 7) is 1.96. The topological polar surface area (TPSA) is 23.8 Å². The second kappa shape index (κ2) is 1.23. The molecule has 0 unspecified atom stereocenters. The Kier molecular flexibility index (Phi) is 0.895. The second-order valence-corrected chi connectivity index (χ2v) is 3.31. The van der Waals surface area contributed by atoms with Gasteiger partial charge in [0.2, 0.25) is 0 Å². The minimum Gasteiger partial charge on any atom is -0.198 e. The maximum absolute atomic E-state index is 8.36. The first kappa shape index (κ1) is 5.11. The number of alkyl halides is 1. The molecule has 0 aromatic carbocycles. The Balaban J connectivity index is 2.57. The van der Waals surface area contributed by atoms with E-state index in [1.807, 2.05) is 6.92 Å². The maximum atomic E-state index is 8.36. The van der Waals surface area contributed by atoms with E-state index >= 15 is 0 Å². The Morgan fingerprint density at radius 2 is 2.43 bits per heavy atom. The van der Waals surface area contributed by atoms with E-state index in [1.54, 1.807) is 0 Å². The molecule has 2 atom stereocenters. The first-order valence-corrected chi connectivity index (χ1v) is 3.16. The largest absolute Gasteiger partial charge is 0.198 e. The number of halogens is 1. The molecule has 0 aliphatic heterocycles. The van der Waals surface area contributed by atoms with Crippen molar-refractivity contribution in [1.29, 1.82) is 5.26 Å². The molecule has 1 fully saturated rings. The summed E-state index contributed by atoms with van der Waals surface area (Å²) in [5.41, 5.74) is -0.0278. The zero-order valence-electron chi connectivity index (χ0n) is 4.11. The molecule has 0 bridgehead atoms. The van der Waals surface area contributed by atoms with Gasteiger partial charge in [-0.15, -0.1) is 0 Å². The van der Waals surface area contributed by atoms with Crippen molar-refractivity contribution < 1.29 is 0 Å². The molecule has 0 N–H and O–H groups in total. The molecule has 1 nitrogen and oxygen atoms in total. The molecule has 1 aliphatic rings. The predicted octanol–water partition coefficient (Wildman–Crippen LogP) is 1.68. The zero-order chi connectivity index (χ0) is 5.49. The van der Waals surface area contributed by atoms with Gasteiger partial charge in [0, 0.05) is 4.83 Å². The van der Waals surface area contributed by atoms with Gasteiger partial charge in [-0.25, -0.2) is 0 Å². The van der Waals surface area contributed by atoms with Crippen LogP contribution < -0.4 is 0 Å². The van der Waals surface area contributed by atoms with Gasteiger partial charge in [-0.05, 0) is 13.3 Å². The summed E-state index contributed by atoms with van der Waals surface area (Å²) in [4.78, 5) is 0.463. The molecule has 0 aromatic rings. The molecule has 0 spiro atoms. The van der Waals surface area contributed by atoms with Crippen LogP contribution in [0, 0.1) is 16.7 Å². The van der Waals surface area contributed by atoms with Crippen molar-refractivity contribution >= 4 is 15.9 Å². The zero-order valence-corrected chi connectivity index (χ0v) is 5.70. The molecule has 0 heterocycles. The fourth-order valence-corrected chi connectivity index (χ4v) is 1.20. The molecule has 0 aromatic heterocycles. The van der Waals surface area contributed by atoms with Gasteiger partial charge in [0.25, 0.3) is 0 Å². The summed E-state index contributed by atoms with van der Waals surface area (Å²) < 4.78 is 0. The van der Waals surface area contributed by atoms with Gasteiger partial charge in [0.05, 0.1) is 11.5 Å². The van der Waals surface area contributed by atoms with E-state index < -0.39 is 0 Å². The standard InChI is InChI=1S/C5H6BrN/c1-5(3-7)2-4(5)6/h4H,2H2,1H3/t4-,5-/m0/s1. The van der Waals surface area contributed by atoms with Gasteiger partial charge in [0.1, 0.15) is 0 Å². The molecule has 1 rings (SSSR count). The van der Waals surface area contributed by atoms with Crippen LogP contribution in [0.3, 0.4) is 0 Å². The highest BCUT2D eigenvalue weighted by molar-refractivity contribution is 9.09. The van der Waals surface area contributed by atoms with Crippen LogP contribution in [0.1, 0.15) is 13.3 Å². The number of nitrogens with zero attached hydrogens (tertiary/aromatic N) is 1. The molecule has 0 amide bonds.